The van der Waals surface area contributed by atoms with Gasteiger partial charge in [-0.2, -0.15) is 0 Å². The third-order valence-electron chi connectivity index (χ3n) is 4.09. The summed E-state index contributed by atoms with van der Waals surface area (Å²) in [6, 6.07) is 6.98. The molecule has 2 aliphatic heterocycles. The number of rotatable bonds is 2. The minimum Gasteiger partial charge on any atom is -0.314 e. The average molecular weight is 304 g/mol. The maximum absolute atomic E-state index is 4.42. The van der Waals surface area contributed by atoms with E-state index in [1.807, 2.05) is 12.3 Å². The smallest absolute Gasteiger partial charge is 0.0543 e. The highest BCUT2D eigenvalue weighted by atomic mass is 35.5. The number of halogens is 2. The normalized spacial score (nSPS) is 26.7. The largest absolute Gasteiger partial charge is 0.314 e. The molecular weight excluding hydrogens is 281 g/mol. The predicted molar refractivity (Wildman–Crippen MR) is 83.1 cm³/mol. The molecular formula is C14H23Cl2N3. The van der Waals surface area contributed by atoms with Crippen LogP contribution in [0, 0.1) is 5.92 Å². The number of hydrogen-bond acceptors (Lipinski definition) is 3. The molecule has 19 heavy (non-hydrogen) atoms. The van der Waals surface area contributed by atoms with Gasteiger partial charge in [0.05, 0.1) is 5.69 Å². The van der Waals surface area contributed by atoms with E-state index < -0.39 is 0 Å². The fraction of sp³-hybridized carbons (Fsp3) is 0.643. The Morgan fingerprint density at radius 3 is 2.95 bits per heavy atom. The van der Waals surface area contributed by atoms with E-state index in [9.17, 15) is 0 Å². The highest BCUT2D eigenvalue weighted by Crippen LogP contribution is 2.25. The Balaban J connectivity index is 0.000000902. The summed E-state index contributed by atoms with van der Waals surface area (Å²) in [5.74, 6) is 0.862. The molecule has 3 heterocycles. The predicted octanol–water partition coefficient (Wildman–Crippen LogP) is 2.50. The van der Waals surface area contributed by atoms with Crippen LogP contribution in [0.4, 0.5) is 0 Å². The molecule has 1 N–H and O–H groups in total. The van der Waals surface area contributed by atoms with Crippen molar-refractivity contribution >= 4 is 24.8 Å². The van der Waals surface area contributed by atoms with Gasteiger partial charge in [0.2, 0.25) is 0 Å². The fourth-order valence-corrected chi connectivity index (χ4v) is 3.18. The Morgan fingerprint density at radius 2 is 2.16 bits per heavy atom. The Morgan fingerprint density at radius 1 is 1.26 bits per heavy atom. The van der Waals surface area contributed by atoms with Gasteiger partial charge in [0, 0.05) is 31.9 Å². The molecule has 2 saturated heterocycles. The summed E-state index contributed by atoms with van der Waals surface area (Å²) in [6.45, 7) is 4.70. The number of aromatic nitrogens is 1. The number of nitrogens with zero attached hydrogens (tertiary/aromatic N) is 2. The van der Waals surface area contributed by atoms with Crippen molar-refractivity contribution in [1.82, 2.24) is 15.2 Å². The maximum Gasteiger partial charge on any atom is 0.0543 e. The van der Waals surface area contributed by atoms with E-state index in [1.165, 1.54) is 44.6 Å². The second-order valence-electron chi connectivity index (χ2n) is 5.31. The van der Waals surface area contributed by atoms with Crippen LogP contribution in [0.15, 0.2) is 24.4 Å². The van der Waals surface area contributed by atoms with Gasteiger partial charge in [-0.3, -0.25) is 9.88 Å². The minimum atomic E-state index is 0. The summed E-state index contributed by atoms with van der Waals surface area (Å²) in [4.78, 5) is 6.99. The second-order valence-corrected chi connectivity index (χ2v) is 5.31. The average Bonchev–Trinajstić information content (AvgIpc) is 2.40. The van der Waals surface area contributed by atoms with E-state index in [1.54, 1.807) is 0 Å². The van der Waals surface area contributed by atoms with Crippen molar-refractivity contribution in [1.29, 1.82) is 0 Å². The van der Waals surface area contributed by atoms with Crippen molar-refractivity contribution in [2.75, 3.05) is 19.6 Å². The van der Waals surface area contributed by atoms with Crippen molar-refractivity contribution in [2.24, 2.45) is 5.92 Å². The van der Waals surface area contributed by atoms with E-state index >= 15 is 0 Å². The van der Waals surface area contributed by atoms with Crippen LogP contribution in [0.2, 0.25) is 0 Å². The summed E-state index contributed by atoms with van der Waals surface area (Å²) in [5, 5.41) is 3.66. The molecule has 2 aliphatic rings. The van der Waals surface area contributed by atoms with E-state index in [2.05, 4.69) is 27.3 Å². The standard InChI is InChI=1S/C14H21N3.2ClH/c1-2-7-15-13(5-1)11-17-9-6-14-12(10-17)4-3-8-16-14;;/h1-2,5,7,12,14,16H,3-4,6,8-11H2;2*1H/t12-,14+;;/m1../s1. The lowest BCUT2D eigenvalue weighted by Crippen LogP contribution is -2.51. The third kappa shape index (κ3) is 4.32. The lowest BCUT2D eigenvalue weighted by molar-refractivity contribution is 0.108. The van der Waals surface area contributed by atoms with Crippen molar-refractivity contribution in [3.63, 3.8) is 0 Å². The molecule has 5 heteroatoms. The molecule has 2 fully saturated rings. The molecule has 0 aromatic carbocycles. The van der Waals surface area contributed by atoms with Gasteiger partial charge >= 0.3 is 0 Å². The van der Waals surface area contributed by atoms with Gasteiger partial charge in [-0.25, -0.2) is 0 Å². The van der Waals surface area contributed by atoms with Crippen LogP contribution >= 0.6 is 24.8 Å². The number of piperidine rings is 2. The molecule has 0 saturated carbocycles. The van der Waals surface area contributed by atoms with Crippen molar-refractivity contribution < 1.29 is 0 Å². The Kier molecular flexibility index (Phi) is 7.08. The van der Waals surface area contributed by atoms with Crippen LogP contribution in [-0.4, -0.2) is 35.6 Å². The summed E-state index contributed by atoms with van der Waals surface area (Å²) in [6.07, 6.45) is 5.94. The van der Waals surface area contributed by atoms with Gasteiger partial charge in [-0.1, -0.05) is 6.07 Å². The highest BCUT2D eigenvalue weighted by Gasteiger charge is 2.30. The van der Waals surface area contributed by atoms with Crippen LogP contribution in [0.1, 0.15) is 25.0 Å². The molecule has 2 atom stereocenters. The molecule has 108 valence electrons. The quantitative estimate of drug-likeness (QED) is 0.910. The lowest BCUT2D eigenvalue weighted by Gasteiger charge is -2.41. The Bertz CT molecular complexity index is 361. The Hall–Kier alpha value is -0.350. The summed E-state index contributed by atoms with van der Waals surface area (Å²) >= 11 is 0. The lowest BCUT2D eigenvalue weighted by atomic mass is 9.85. The molecule has 3 rings (SSSR count). The van der Waals surface area contributed by atoms with Crippen molar-refractivity contribution in [3.05, 3.63) is 30.1 Å². The van der Waals surface area contributed by atoms with Crippen molar-refractivity contribution in [3.8, 4) is 0 Å². The second kappa shape index (κ2) is 8.05. The van der Waals surface area contributed by atoms with E-state index in [0.29, 0.717) is 0 Å². The first kappa shape index (κ1) is 16.7. The first-order chi connectivity index (χ1) is 8.42. The molecule has 0 amide bonds. The molecule has 1 aromatic rings. The number of fused-ring (bicyclic) bond motifs is 1. The third-order valence-corrected chi connectivity index (χ3v) is 4.09. The van der Waals surface area contributed by atoms with Gasteiger partial charge in [-0.15, -0.1) is 24.8 Å². The maximum atomic E-state index is 4.42. The first-order valence-electron chi connectivity index (χ1n) is 6.77. The first-order valence-corrected chi connectivity index (χ1v) is 6.77. The molecule has 3 nitrogen and oxygen atoms in total. The Labute approximate surface area is 128 Å². The van der Waals surface area contributed by atoms with Gasteiger partial charge in [-0.05, 0) is 43.9 Å². The van der Waals surface area contributed by atoms with Gasteiger partial charge in [0.25, 0.3) is 0 Å². The molecule has 0 unspecified atom stereocenters. The molecule has 0 radical (unpaired) electrons. The minimum absolute atomic E-state index is 0. The van der Waals surface area contributed by atoms with Gasteiger partial charge < -0.3 is 5.32 Å². The van der Waals surface area contributed by atoms with E-state index in [4.69, 9.17) is 0 Å². The van der Waals surface area contributed by atoms with Crippen LogP contribution < -0.4 is 5.32 Å². The molecule has 1 aromatic heterocycles. The number of pyridine rings is 1. The number of hydrogen-bond donors (Lipinski definition) is 1. The summed E-state index contributed by atoms with van der Waals surface area (Å²) in [7, 11) is 0. The zero-order chi connectivity index (χ0) is 11.5. The molecule has 0 aliphatic carbocycles. The van der Waals surface area contributed by atoms with Crippen LogP contribution in [-0.2, 0) is 6.54 Å². The fourth-order valence-electron chi connectivity index (χ4n) is 3.18. The van der Waals surface area contributed by atoms with Crippen LogP contribution in [0.5, 0.6) is 0 Å². The number of nitrogens with one attached hydrogen (secondary N) is 1. The molecule has 0 spiro atoms. The number of likely N-dealkylation sites (tertiary alicyclic amines) is 1. The van der Waals surface area contributed by atoms with Gasteiger partial charge in [0.1, 0.15) is 0 Å². The zero-order valence-corrected chi connectivity index (χ0v) is 12.8. The monoisotopic (exact) mass is 303 g/mol. The zero-order valence-electron chi connectivity index (χ0n) is 11.1. The SMILES string of the molecule is Cl.Cl.c1ccc(CN2CC[C@@H]3NCCC[C@@H]3C2)nc1. The van der Waals surface area contributed by atoms with Crippen molar-refractivity contribution in [2.45, 2.75) is 31.8 Å². The van der Waals surface area contributed by atoms with E-state index in [-0.39, 0.29) is 24.8 Å². The summed E-state index contributed by atoms with van der Waals surface area (Å²) in [5.41, 5.74) is 1.20. The van der Waals surface area contributed by atoms with Crippen LogP contribution in [0.3, 0.4) is 0 Å². The van der Waals surface area contributed by atoms with Crippen LogP contribution in [0.25, 0.3) is 0 Å². The topological polar surface area (TPSA) is 28.2 Å². The highest BCUT2D eigenvalue weighted by molar-refractivity contribution is 5.85. The molecule has 0 bridgehead atoms. The van der Waals surface area contributed by atoms with E-state index in [0.717, 1.165) is 18.5 Å². The van der Waals surface area contributed by atoms with Gasteiger partial charge in [0.15, 0.2) is 0 Å². The summed E-state index contributed by atoms with van der Waals surface area (Å²) < 4.78 is 0.